The van der Waals surface area contributed by atoms with Crippen molar-refractivity contribution in [2.45, 2.75) is 17.5 Å². The van der Waals surface area contributed by atoms with Crippen molar-refractivity contribution >= 4 is 17.9 Å². The van der Waals surface area contributed by atoms with Gasteiger partial charge in [-0.1, -0.05) is 24.3 Å². The molecule has 0 aromatic carbocycles. The Morgan fingerprint density at radius 2 is 2.13 bits per heavy atom. The molecule has 0 aromatic rings. The second kappa shape index (κ2) is 4.23. The molecule has 1 aliphatic carbocycles. The third-order valence-corrected chi connectivity index (χ3v) is 2.51. The van der Waals surface area contributed by atoms with Gasteiger partial charge in [-0.3, -0.25) is 4.79 Å². The lowest BCUT2D eigenvalue weighted by molar-refractivity contribution is -0.149. The van der Waals surface area contributed by atoms with Crippen LogP contribution >= 0.6 is 11.6 Å². The highest BCUT2D eigenvalue weighted by Crippen LogP contribution is 2.42. The number of hydrogen-bond acceptors (Lipinski definition) is 1. The molecule has 5 heteroatoms. The molecule has 1 aliphatic rings. The third kappa shape index (κ3) is 2.72. The molecular weight excluding hydrogens is 229 g/mol. The van der Waals surface area contributed by atoms with Crippen molar-refractivity contribution in [3.8, 4) is 0 Å². The Morgan fingerprint density at radius 1 is 1.47 bits per heavy atom. The summed E-state index contributed by atoms with van der Waals surface area (Å²) in [5, 5.41) is 0. The van der Waals surface area contributed by atoms with E-state index in [1.54, 1.807) is 0 Å². The van der Waals surface area contributed by atoms with Crippen molar-refractivity contribution in [1.82, 2.24) is 0 Å². The van der Waals surface area contributed by atoms with Crippen LogP contribution in [0.1, 0.15) is 6.42 Å². The van der Waals surface area contributed by atoms with Crippen molar-refractivity contribution in [3.63, 3.8) is 0 Å². The average molecular weight is 237 g/mol. The number of allylic oxidation sites excluding steroid dienone is 6. The number of halogens is 4. The number of alkyl halides is 4. The number of rotatable bonds is 2. The second-order valence-electron chi connectivity index (χ2n) is 3.10. The van der Waals surface area contributed by atoms with Crippen LogP contribution in [0.3, 0.4) is 0 Å². The van der Waals surface area contributed by atoms with Gasteiger partial charge in [0.15, 0.2) is 4.87 Å². The van der Waals surface area contributed by atoms with Gasteiger partial charge in [0.2, 0.25) is 0 Å². The molecule has 0 saturated heterocycles. The quantitative estimate of drug-likeness (QED) is 0.409. The topological polar surface area (TPSA) is 17.1 Å². The fourth-order valence-electron chi connectivity index (χ4n) is 1.11. The van der Waals surface area contributed by atoms with E-state index in [1.165, 1.54) is 24.3 Å². The lowest BCUT2D eigenvalue weighted by Gasteiger charge is -2.27. The van der Waals surface area contributed by atoms with Gasteiger partial charge < -0.3 is 0 Å². The SMILES string of the molecule is O=CC=CC1=CCC(Cl)(C(F)(F)F)C=C1. The molecule has 0 spiro atoms. The second-order valence-corrected chi connectivity index (χ2v) is 3.77. The molecule has 1 nitrogen and oxygen atoms in total. The van der Waals surface area contributed by atoms with Crippen LogP contribution in [-0.2, 0) is 4.79 Å². The van der Waals surface area contributed by atoms with E-state index in [4.69, 9.17) is 11.6 Å². The fourth-order valence-corrected chi connectivity index (χ4v) is 1.26. The summed E-state index contributed by atoms with van der Waals surface area (Å²) < 4.78 is 37.3. The molecule has 15 heavy (non-hydrogen) atoms. The van der Waals surface area contributed by atoms with Gasteiger partial charge in [-0.25, -0.2) is 0 Å². The van der Waals surface area contributed by atoms with Gasteiger partial charge in [0.05, 0.1) is 0 Å². The van der Waals surface area contributed by atoms with Crippen molar-refractivity contribution in [1.29, 1.82) is 0 Å². The minimum atomic E-state index is -4.47. The van der Waals surface area contributed by atoms with Crippen LogP contribution in [0.2, 0.25) is 0 Å². The summed E-state index contributed by atoms with van der Waals surface area (Å²) in [6.07, 6.45) is 1.90. The summed E-state index contributed by atoms with van der Waals surface area (Å²) >= 11 is 5.40. The van der Waals surface area contributed by atoms with Gasteiger partial charge in [-0.15, -0.1) is 11.6 Å². The summed E-state index contributed by atoms with van der Waals surface area (Å²) in [5.74, 6) is 0. The van der Waals surface area contributed by atoms with Crippen molar-refractivity contribution in [2.24, 2.45) is 0 Å². The van der Waals surface area contributed by atoms with Crippen LogP contribution < -0.4 is 0 Å². The van der Waals surface area contributed by atoms with E-state index in [2.05, 4.69) is 0 Å². The van der Waals surface area contributed by atoms with E-state index in [-0.39, 0.29) is 6.42 Å². The highest BCUT2D eigenvalue weighted by atomic mass is 35.5. The van der Waals surface area contributed by atoms with Gasteiger partial charge in [0, 0.05) is 0 Å². The fraction of sp³-hybridized carbons (Fsp3) is 0.300. The first kappa shape index (κ1) is 12.0. The zero-order valence-corrected chi connectivity index (χ0v) is 8.35. The first-order valence-corrected chi connectivity index (χ1v) is 4.54. The Morgan fingerprint density at radius 3 is 2.53 bits per heavy atom. The highest BCUT2D eigenvalue weighted by molar-refractivity contribution is 6.26. The first-order valence-electron chi connectivity index (χ1n) is 4.16. The van der Waals surface area contributed by atoms with E-state index >= 15 is 0 Å². The average Bonchev–Trinajstić information content (AvgIpc) is 2.15. The van der Waals surface area contributed by atoms with Gasteiger partial charge in [0.1, 0.15) is 6.29 Å². The predicted octanol–water partition coefficient (Wildman–Crippen LogP) is 3.17. The number of carbonyl (C=O) groups is 1. The van der Waals surface area contributed by atoms with Crippen LogP contribution in [-0.4, -0.2) is 17.3 Å². The molecule has 1 atom stereocenters. The van der Waals surface area contributed by atoms with E-state index in [0.717, 1.165) is 6.08 Å². The first-order chi connectivity index (χ1) is 6.89. The maximum atomic E-state index is 12.4. The van der Waals surface area contributed by atoms with E-state index < -0.39 is 11.1 Å². The minimum Gasteiger partial charge on any atom is -0.299 e. The normalized spacial score (nSPS) is 26.8. The van der Waals surface area contributed by atoms with Crippen LogP contribution in [0.5, 0.6) is 0 Å². The van der Waals surface area contributed by atoms with Gasteiger partial charge in [-0.05, 0) is 18.1 Å². The van der Waals surface area contributed by atoms with E-state index in [1.807, 2.05) is 0 Å². The van der Waals surface area contributed by atoms with Crippen molar-refractivity contribution in [3.05, 3.63) is 36.0 Å². The van der Waals surface area contributed by atoms with Gasteiger partial charge in [-0.2, -0.15) is 13.2 Å². The Labute approximate surface area is 89.9 Å². The molecule has 0 heterocycles. The highest BCUT2D eigenvalue weighted by Gasteiger charge is 2.51. The summed E-state index contributed by atoms with van der Waals surface area (Å²) in [6, 6.07) is 0. The summed E-state index contributed by atoms with van der Waals surface area (Å²) in [6.45, 7) is 0. The maximum absolute atomic E-state index is 12.4. The molecule has 0 fully saturated rings. The van der Waals surface area contributed by atoms with Crippen LogP contribution in [0, 0.1) is 0 Å². The molecule has 1 unspecified atom stereocenters. The third-order valence-electron chi connectivity index (χ3n) is 2.01. The van der Waals surface area contributed by atoms with Crippen LogP contribution in [0.25, 0.3) is 0 Å². The van der Waals surface area contributed by atoms with Crippen LogP contribution in [0.15, 0.2) is 36.0 Å². The van der Waals surface area contributed by atoms with E-state index in [0.29, 0.717) is 11.9 Å². The Bertz CT molecular complexity index is 341. The molecule has 82 valence electrons. The maximum Gasteiger partial charge on any atom is 0.411 e. The molecule has 0 bridgehead atoms. The zero-order valence-electron chi connectivity index (χ0n) is 7.59. The molecule has 0 amide bonds. The molecular formula is C10H8ClF3O. The monoisotopic (exact) mass is 236 g/mol. The molecule has 0 N–H and O–H groups in total. The van der Waals surface area contributed by atoms with E-state index in [9.17, 15) is 18.0 Å². The zero-order chi connectivity index (χ0) is 11.5. The summed E-state index contributed by atoms with van der Waals surface area (Å²) in [4.78, 5) is 7.68. The van der Waals surface area contributed by atoms with Gasteiger partial charge >= 0.3 is 6.18 Å². The smallest absolute Gasteiger partial charge is 0.299 e. The Hall–Kier alpha value is -1.03. The molecule has 0 saturated carbocycles. The number of carbonyl (C=O) groups excluding carboxylic acids is 1. The Kier molecular flexibility index (Phi) is 3.39. The summed E-state index contributed by atoms with van der Waals surface area (Å²) in [7, 11) is 0. The largest absolute Gasteiger partial charge is 0.411 e. The predicted molar refractivity (Wildman–Crippen MR) is 51.7 cm³/mol. The summed E-state index contributed by atoms with van der Waals surface area (Å²) in [5.41, 5.74) is 0.544. The standard InChI is InChI=1S/C10H8ClF3O/c11-9(10(12,13)14)5-3-8(4-6-9)2-1-7-15/h1-5,7H,6H2. The van der Waals surface area contributed by atoms with Crippen LogP contribution in [0.4, 0.5) is 13.2 Å². The molecule has 0 aromatic heterocycles. The molecule has 0 radical (unpaired) electrons. The number of aldehydes is 1. The lowest BCUT2D eigenvalue weighted by atomic mass is 9.95. The Balaban J connectivity index is 2.79. The van der Waals surface area contributed by atoms with Gasteiger partial charge in [0.25, 0.3) is 0 Å². The molecule has 0 aliphatic heterocycles. The van der Waals surface area contributed by atoms with Crippen molar-refractivity contribution < 1.29 is 18.0 Å². The number of hydrogen-bond donors (Lipinski definition) is 0. The minimum absolute atomic E-state index is 0.326. The lowest BCUT2D eigenvalue weighted by Crippen LogP contribution is -2.38. The van der Waals surface area contributed by atoms with Crippen molar-refractivity contribution in [2.75, 3.05) is 0 Å². The molecule has 1 rings (SSSR count).